The molecule has 7 aromatic carbocycles. The van der Waals surface area contributed by atoms with Crippen molar-refractivity contribution in [3.63, 3.8) is 0 Å². The number of para-hydroxylation sites is 1. The van der Waals surface area contributed by atoms with Crippen molar-refractivity contribution in [3.05, 3.63) is 243 Å². The van der Waals surface area contributed by atoms with E-state index in [1.54, 1.807) is 6.07 Å². The van der Waals surface area contributed by atoms with Crippen LogP contribution in [0.2, 0.25) is 0 Å². The fraction of sp³-hybridized carbons (Fsp3) is 0.0545. The second-order valence-electron chi connectivity index (χ2n) is 14.3. The molecule has 1 heteroatoms. The number of phenols is 1. The van der Waals surface area contributed by atoms with Crippen LogP contribution in [0.3, 0.4) is 0 Å². The zero-order valence-electron chi connectivity index (χ0n) is 32.0. The van der Waals surface area contributed by atoms with E-state index in [2.05, 4.69) is 196 Å². The van der Waals surface area contributed by atoms with Crippen molar-refractivity contribution in [2.45, 2.75) is 19.3 Å². The molecule has 272 valence electrons. The van der Waals surface area contributed by atoms with E-state index < -0.39 is 5.41 Å². The maximum absolute atomic E-state index is 11.5. The van der Waals surface area contributed by atoms with Gasteiger partial charge in [-0.25, -0.2) is 0 Å². The Labute approximate surface area is 332 Å². The molecule has 7 aromatic rings. The van der Waals surface area contributed by atoms with Gasteiger partial charge in [-0.2, -0.15) is 0 Å². The Hall–Kier alpha value is -6.96. The third kappa shape index (κ3) is 9.04. The predicted molar refractivity (Wildman–Crippen MR) is 244 cm³/mol. The van der Waals surface area contributed by atoms with Gasteiger partial charge in [0, 0.05) is 11.0 Å². The van der Waals surface area contributed by atoms with Gasteiger partial charge < -0.3 is 5.11 Å². The molecule has 0 aliphatic heterocycles. The van der Waals surface area contributed by atoms with Gasteiger partial charge in [-0.15, -0.1) is 0 Å². The van der Waals surface area contributed by atoms with Crippen molar-refractivity contribution in [1.29, 1.82) is 0 Å². The van der Waals surface area contributed by atoms with Gasteiger partial charge in [0.25, 0.3) is 0 Å². The molecule has 0 aliphatic rings. The number of phenolic OH excluding ortho intramolecular Hbond substituents is 1. The quantitative estimate of drug-likeness (QED) is 0.125. The SMILES string of the molecule is CC(C)(c1ccccc1O)c1c(/C=C/c2ccccc2)c(/C=C/c2ccccc2)c(/C=C/c2ccccc2)c(/C=C/c2ccccc2)c1/C=C/c1ccccc1. The Morgan fingerprint density at radius 2 is 0.554 bits per heavy atom. The van der Waals surface area contributed by atoms with Crippen LogP contribution >= 0.6 is 0 Å². The average Bonchev–Trinajstić information content (AvgIpc) is 3.24. The maximum Gasteiger partial charge on any atom is 0.119 e. The molecule has 0 fully saturated rings. The van der Waals surface area contributed by atoms with E-state index in [4.69, 9.17) is 0 Å². The fourth-order valence-electron chi connectivity index (χ4n) is 7.26. The van der Waals surface area contributed by atoms with E-state index in [0.717, 1.165) is 66.8 Å². The number of benzene rings is 7. The standard InChI is InChI=1S/C55H46O/c1-55(2,52-30-18-19-31-53(52)56)54-50(40-35-45-26-14-6-15-27-45)48(38-33-43-22-10-4-11-23-43)47(37-32-42-20-8-3-9-21-42)49(39-34-44-24-12-5-13-25-44)51(54)41-36-46-28-16-7-17-29-46/h3-41,56H,1-2H3/b37-32+,38-33+,39-34+,40-35+,41-36+. The van der Waals surface area contributed by atoms with Crippen molar-refractivity contribution < 1.29 is 5.11 Å². The molecule has 0 bridgehead atoms. The van der Waals surface area contributed by atoms with Crippen LogP contribution in [0.15, 0.2) is 176 Å². The second kappa shape index (κ2) is 17.9. The van der Waals surface area contributed by atoms with Crippen LogP contribution in [-0.2, 0) is 5.41 Å². The van der Waals surface area contributed by atoms with Gasteiger partial charge in [0.15, 0.2) is 0 Å². The van der Waals surface area contributed by atoms with Gasteiger partial charge in [0.1, 0.15) is 5.75 Å². The van der Waals surface area contributed by atoms with Crippen molar-refractivity contribution >= 4 is 60.8 Å². The fourth-order valence-corrected chi connectivity index (χ4v) is 7.26. The van der Waals surface area contributed by atoms with Crippen LogP contribution < -0.4 is 0 Å². The summed E-state index contributed by atoms with van der Waals surface area (Å²) in [5.74, 6) is 0.268. The number of aromatic hydroxyl groups is 1. The minimum Gasteiger partial charge on any atom is -0.508 e. The summed E-state index contributed by atoms with van der Waals surface area (Å²) in [5.41, 5.74) is 12.3. The third-order valence-electron chi connectivity index (χ3n) is 10.1. The highest BCUT2D eigenvalue weighted by Gasteiger charge is 2.33. The number of hydrogen-bond acceptors (Lipinski definition) is 1. The lowest BCUT2D eigenvalue weighted by Crippen LogP contribution is -2.23. The van der Waals surface area contributed by atoms with Gasteiger partial charge >= 0.3 is 0 Å². The van der Waals surface area contributed by atoms with E-state index in [-0.39, 0.29) is 5.75 Å². The van der Waals surface area contributed by atoms with Crippen molar-refractivity contribution in [1.82, 2.24) is 0 Å². The lowest BCUT2D eigenvalue weighted by molar-refractivity contribution is 0.453. The first-order valence-electron chi connectivity index (χ1n) is 19.2. The zero-order chi connectivity index (χ0) is 38.6. The van der Waals surface area contributed by atoms with Gasteiger partial charge in [-0.3, -0.25) is 0 Å². The van der Waals surface area contributed by atoms with E-state index in [1.807, 2.05) is 48.5 Å². The summed E-state index contributed by atoms with van der Waals surface area (Å²) in [6, 6.07) is 60.1. The Morgan fingerprint density at radius 3 is 0.857 bits per heavy atom. The van der Waals surface area contributed by atoms with Crippen LogP contribution in [0.1, 0.15) is 80.6 Å². The summed E-state index contributed by atoms with van der Waals surface area (Å²) in [6.07, 6.45) is 22.3. The highest BCUT2D eigenvalue weighted by Crippen LogP contribution is 2.46. The predicted octanol–water partition coefficient (Wildman–Crippen LogP) is 14.6. The summed E-state index contributed by atoms with van der Waals surface area (Å²) in [4.78, 5) is 0. The monoisotopic (exact) mass is 722 g/mol. The molecule has 0 atom stereocenters. The maximum atomic E-state index is 11.5. The van der Waals surface area contributed by atoms with Crippen molar-refractivity contribution in [3.8, 4) is 5.75 Å². The van der Waals surface area contributed by atoms with Crippen molar-refractivity contribution in [2.75, 3.05) is 0 Å². The zero-order valence-corrected chi connectivity index (χ0v) is 32.0. The van der Waals surface area contributed by atoms with E-state index in [0.29, 0.717) is 0 Å². The number of hydrogen-bond donors (Lipinski definition) is 1. The molecule has 0 unspecified atom stereocenters. The highest BCUT2D eigenvalue weighted by molar-refractivity contribution is 5.96. The Balaban J connectivity index is 1.65. The molecular weight excluding hydrogens is 677 g/mol. The topological polar surface area (TPSA) is 20.2 Å². The second-order valence-corrected chi connectivity index (χ2v) is 14.3. The molecule has 0 radical (unpaired) electrons. The molecule has 0 saturated heterocycles. The van der Waals surface area contributed by atoms with Crippen LogP contribution in [0.4, 0.5) is 0 Å². The van der Waals surface area contributed by atoms with Crippen LogP contribution in [-0.4, -0.2) is 5.11 Å². The molecular formula is C55H46O. The normalized spacial score (nSPS) is 12.2. The lowest BCUT2D eigenvalue weighted by Gasteiger charge is -2.33. The van der Waals surface area contributed by atoms with Crippen LogP contribution in [0.5, 0.6) is 5.75 Å². The molecule has 0 spiro atoms. The molecule has 0 amide bonds. The first-order valence-corrected chi connectivity index (χ1v) is 19.2. The highest BCUT2D eigenvalue weighted by atomic mass is 16.3. The Kier molecular flexibility index (Phi) is 11.9. The molecule has 0 saturated carbocycles. The first-order chi connectivity index (χ1) is 27.5. The summed E-state index contributed by atoms with van der Waals surface area (Å²) >= 11 is 0. The molecule has 0 heterocycles. The van der Waals surface area contributed by atoms with E-state index in [1.165, 1.54) is 0 Å². The summed E-state index contributed by atoms with van der Waals surface area (Å²) < 4.78 is 0. The van der Waals surface area contributed by atoms with Crippen molar-refractivity contribution in [2.24, 2.45) is 0 Å². The Morgan fingerprint density at radius 1 is 0.304 bits per heavy atom. The molecule has 0 aliphatic carbocycles. The first kappa shape index (κ1) is 37.4. The summed E-state index contributed by atoms with van der Waals surface area (Å²) in [5, 5.41) is 11.5. The summed E-state index contributed by atoms with van der Waals surface area (Å²) in [6.45, 7) is 4.46. The largest absolute Gasteiger partial charge is 0.508 e. The molecule has 1 nitrogen and oxygen atoms in total. The van der Waals surface area contributed by atoms with Crippen LogP contribution in [0.25, 0.3) is 60.8 Å². The minimum atomic E-state index is -0.648. The molecule has 0 aromatic heterocycles. The van der Waals surface area contributed by atoms with E-state index >= 15 is 0 Å². The molecule has 7 rings (SSSR count). The molecule has 1 N–H and O–H groups in total. The number of rotatable bonds is 12. The van der Waals surface area contributed by atoms with Crippen LogP contribution in [0, 0.1) is 0 Å². The third-order valence-corrected chi connectivity index (χ3v) is 10.1. The van der Waals surface area contributed by atoms with Gasteiger partial charge in [-0.1, -0.05) is 244 Å². The smallest absolute Gasteiger partial charge is 0.119 e. The summed E-state index contributed by atoms with van der Waals surface area (Å²) in [7, 11) is 0. The minimum absolute atomic E-state index is 0.268. The van der Waals surface area contributed by atoms with Gasteiger partial charge in [0.05, 0.1) is 0 Å². The lowest BCUT2D eigenvalue weighted by atomic mass is 9.70. The molecule has 56 heavy (non-hydrogen) atoms. The van der Waals surface area contributed by atoms with E-state index in [9.17, 15) is 5.11 Å². The van der Waals surface area contributed by atoms with Gasteiger partial charge in [0.2, 0.25) is 0 Å². The van der Waals surface area contributed by atoms with Gasteiger partial charge in [-0.05, 0) is 67.3 Å². The Bertz CT molecular complexity index is 2380. The average molecular weight is 723 g/mol.